The van der Waals surface area contributed by atoms with Crippen LogP contribution >= 0.6 is 0 Å². The molecule has 0 aromatic carbocycles. The highest BCUT2D eigenvalue weighted by Crippen LogP contribution is 2.54. The highest BCUT2D eigenvalue weighted by molar-refractivity contribution is 4.94. The largest absolute Gasteiger partial charge is 0.0602 e. The Hall–Kier alpha value is 0. The molecule has 0 heterocycles. The van der Waals surface area contributed by atoms with E-state index in [1.54, 1.807) is 6.42 Å². The lowest BCUT2D eigenvalue weighted by molar-refractivity contribution is -0.0126. The minimum absolute atomic E-state index is 0.568. The summed E-state index contributed by atoms with van der Waals surface area (Å²) < 4.78 is 0. The van der Waals surface area contributed by atoms with Gasteiger partial charge in [0, 0.05) is 0 Å². The highest BCUT2D eigenvalue weighted by atomic mass is 14.5. The van der Waals surface area contributed by atoms with Gasteiger partial charge in [0.1, 0.15) is 0 Å². The average Bonchev–Trinajstić information content (AvgIpc) is 2.00. The molecule has 0 spiro atoms. The Morgan fingerprint density at radius 1 is 1.08 bits per heavy atom. The van der Waals surface area contributed by atoms with Gasteiger partial charge in [0.15, 0.2) is 0 Å². The lowest BCUT2D eigenvalue weighted by atomic mass is 9.54. The third-order valence-electron chi connectivity index (χ3n) is 3.81. The van der Waals surface area contributed by atoms with Crippen molar-refractivity contribution in [2.45, 2.75) is 52.9 Å². The molecule has 0 heteroatoms. The van der Waals surface area contributed by atoms with Gasteiger partial charge < -0.3 is 0 Å². The summed E-state index contributed by atoms with van der Waals surface area (Å²) in [5, 5.41) is 0. The zero-order chi connectivity index (χ0) is 8.77. The van der Waals surface area contributed by atoms with Crippen LogP contribution in [0.5, 0.6) is 0 Å². The summed E-state index contributed by atoms with van der Waals surface area (Å²) in [6, 6.07) is 0. The number of hydrogen-bond donors (Lipinski definition) is 0. The zero-order valence-corrected chi connectivity index (χ0v) is 8.77. The maximum absolute atomic E-state index is 2.39. The fourth-order valence-electron chi connectivity index (χ4n) is 3.27. The van der Waals surface area contributed by atoms with E-state index in [9.17, 15) is 0 Å². The van der Waals surface area contributed by atoms with E-state index in [-0.39, 0.29) is 0 Å². The van der Waals surface area contributed by atoms with Gasteiger partial charge in [0.25, 0.3) is 0 Å². The van der Waals surface area contributed by atoms with Crippen LogP contribution in [0.3, 0.4) is 0 Å². The van der Waals surface area contributed by atoms with E-state index >= 15 is 0 Å². The third kappa shape index (κ3) is 1.53. The molecule has 2 atom stereocenters. The Bertz CT molecular complexity index is 149. The molecular weight excluding hydrogens is 144 g/mol. The van der Waals surface area contributed by atoms with Gasteiger partial charge in [0.2, 0.25) is 0 Å². The van der Waals surface area contributed by atoms with Crippen molar-refractivity contribution in [3.8, 4) is 0 Å². The van der Waals surface area contributed by atoms with Crippen LogP contribution in [0.15, 0.2) is 0 Å². The first-order chi connectivity index (χ1) is 5.56. The first-order valence-electron chi connectivity index (χ1n) is 5.56. The lowest BCUT2D eigenvalue weighted by Gasteiger charge is -2.51. The summed E-state index contributed by atoms with van der Waals surface area (Å²) in [6.07, 6.45) is 7.65. The third-order valence-corrected chi connectivity index (χ3v) is 3.81. The molecule has 0 aromatic rings. The first-order valence-corrected chi connectivity index (χ1v) is 5.56. The Balaban J connectivity index is 1.90. The first kappa shape index (κ1) is 8.59. The summed E-state index contributed by atoms with van der Waals surface area (Å²) in [7, 11) is 0. The molecule has 0 saturated heterocycles. The minimum Gasteiger partial charge on any atom is -0.0602 e. The van der Waals surface area contributed by atoms with Crippen LogP contribution in [0.2, 0.25) is 0 Å². The molecule has 3 saturated carbocycles. The summed E-state index contributed by atoms with van der Waals surface area (Å²) in [5.74, 6) is 3.37. The lowest BCUT2D eigenvalue weighted by Crippen LogP contribution is -2.42. The van der Waals surface area contributed by atoms with Crippen LogP contribution < -0.4 is 0 Å². The van der Waals surface area contributed by atoms with E-state index in [4.69, 9.17) is 0 Å². The van der Waals surface area contributed by atoms with Gasteiger partial charge in [-0.25, -0.2) is 0 Å². The molecule has 0 N–H and O–H groups in total. The molecule has 2 bridgehead atoms. The van der Waals surface area contributed by atoms with Crippen LogP contribution in [-0.4, -0.2) is 0 Å². The standard InChI is InChI=1S/C12H22/c1-12(2,3)8-11-9-5-4-6-10(11)7-9/h9-11H,4-8H2,1-3H3. The van der Waals surface area contributed by atoms with Gasteiger partial charge in [-0.2, -0.15) is 0 Å². The van der Waals surface area contributed by atoms with Gasteiger partial charge in [-0.05, 0) is 36.0 Å². The molecule has 0 aliphatic heterocycles. The van der Waals surface area contributed by atoms with Crippen molar-refractivity contribution < 1.29 is 0 Å². The second kappa shape index (κ2) is 2.75. The summed E-state index contributed by atoms with van der Waals surface area (Å²) in [4.78, 5) is 0. The van der Waals surface area contributed by atoms with Crippen LogP contribution in [0.4, 0.5) is 0 Å². The van der Waals surface area contributed by atoms with Crippen molar-refractivity contribution in [1.29, 1.82) is 0 Å². The second-order valence-electron chi connectivity index (χ2n) is 6.12. The molecule has 3 aliphatic carbocycles. The fraction of sp³-hybridized carbons (Fsp3) is 1.00. The van der Waals surface area contributed by atoms with Crippen molar-refractivity contribution in [2.75, 3.05) is 0 Å². The highest BCUT2D eigenvalue weighted by Gasteiger charge is 2.44. The second-order valence-corrected chi connectivity index (χ2v) is 6.12. The van der Waals surface area contributed by atoms with Crippen LogP contribution in [0, 0.1) is 23.2 Å². The Morgan fingerprint density at radius 3 is 2.08 bits per heavy atom. The molecule has 3 aliphatic rings. The van der Waals surface area contributed by atoms with Gasteiger partial charge >= 0.3 is 0 Å². The van der Waals surface area contributed by atoms with Crippen LogP contribution in [0.25, 0.3) is 0 Å². The Labute approximate surface area is 76.7 Å². The molecule has 0 nitrogen and oxygen atoms in total. The number of rotatable bonds is 1. The fourth-order valence-corrected chi connectivity index (χ4v) is 3.27. The molecule has 2 unspecified atom stereocenters. The summed E-state index contributed by atoms with van der Waals surface area (Å²) in [6.45, 7) is 7.17. The molecule has 70 valence electrons. The topological polar surface area (TPSA) is 0 Å². The van der Waals surface area contributed by atoms with E-state index in [1.807, 2.05) is 0 Å². The van der Waals surface area contributed by atoms with Gasteiger partial charge in [-0.15, -0.1) is 0 Å². The predicted octanol–water partition coefficient (Wildman–Crippen LogP) is 3.86. The van der Waals surface area contributed by atoms with E-state index in [0.29, 0.717) is 5.41 Å². The van der Waals surface area contributed by atoms with Crippen LogP contribution in [-0.2, 0) is 0 Å². The van der Waals surface area contributed by atoms with Crippen molar-refractivity contribution in [3.05, 3.63) is 0 Å². The van der Waals surface area contributed by atoms with Gasteiger partial charge in [-0.1, -0.05) is 40.0 Å². The van der Waals surface area contributed by atoms with Crippen molar-refractivity contribution in [2.24, 2.45) is 23.2 Å². The van der Waals surface area contributed by atoms with Crippen LogP contribution in [0.1, 0.15) is 52.9 Å². The maximum atomic E-state index is 2.39. The quantitative estimate of drug-likeness (QED) is 0.555. The minimum atomic E-state index is 0.568. The van der Waals surface area contributed by atoms with E-state index in [0.717, 1.165) is 17.8 Å². The predicted molar refractivity (Wildman–Crippen MR) is 53.0 cm³/mol. The van der Waals surface area contributed by atoms with E-state index in [2.05, 4.69) is 20.8 Å². The molecule has 0 radical (unpaired) electrons. The maximum Gasteiger partial charge on any atom is -0.0352 e. The monoisotopic (exact) mass is 166 g/mol. The van der Waals surface area contributed by atoms with Gasteiger partial charge in [-0.3, -0.25) is 0 Å². The number of hydrogen-bond acceptors (Lipinski definition) is 0. The Kier molecular flexibility index (Phi) is 1.97. The smallest absolute Gasteiger partial charge is 0.0352 e. The molecule has 0 amide bonds. The van der Waals surface area contributed by atoms with Crippen molar-refractivity contribution in [1.82, 2.24) is 0 Å². The van der Waals surface area contributed by atoms with E-state index < -0.39 is 0 Å². The van der Waals surface area contributed by atoms with Crippen molar-refractivity contribution in [3.63, 3.8) is 0 Å². The molecule has 3 fully saturated rings. The zero-order valence-electron chi connectivity index (χ0n) is 8.77. The van der Waals surface area contributed by atoms with Gasteiger partial charge in [0.05, 0.1) is 0 Å². The average molecular weight is 166 g/mol. The summed E-state index contributed by atoms with van der Waals surface area (Å²) >= 11 is 0. The van der Waals surface area contributed by atoms with E-state index in [1.165, 1.54) is 25.7 Å². The molecule has 12 heavy (non-hydrogen) atoms. The summed E-state index contributed by atoms with van der Waals surface area (Å²) in [5.41, 5.74) is 0.568. The normalized spacial score (nSPS) is 40.8. The number of fused-ring (bicyclic) bond motifs is 2. The molecular formula is C12H22. The molecule has 0 aromatic heterocycles. The SMILES string of the molecule is CC(C)(C)CC1C2CCCC1C2. The Morgan fingerprint density at radius 2 is 1.67 bits per heavy atom. The van der Waals surface area contributed by atoms with Crippen molar-refractivity contribution >= 4 is 0 Å². The molecule has 3 rings (SSSR count).